The second-order valence-corrected chi connectivity index (χ2v) is 6.98. The van der Waals surface area contributed by atoms with Gasteiger partial charge in [0.05, 0.1) is 12.3 Å². The van der Waals surface area contributed by atoms with Crippen molar-refractivity contribution in [2.75, 3.05) is 13.7 Å². The highest BCUT2D eigenvalue weighted by Gasteiger charge is 2.09. The Hall–Kier alpha value is -1.41. The molecule has 0 amide bonds. The molecule has 0 saturated heterocycles. The normalized spacial score (nSPS) is 11.0. The van der Waals surface area contributed by atoms with E-state index in [-0.39, 0.29) is 0 Å². The van der Waals surface area contributed by atoms with Gasteiger partial charge in [-0.3, -0.25) is 0 Å². The van der Waals surface area contributed by atoms with Crippen LogP contribution in [0.3, 0.4) is 0 Å². The van der Waals surface area contributed by atoms with Gasteiger partial charge in [-0.25, -0.2) is 4.98 Å². The van der Waals surface area contributed by atoms with Crippen molar-refractivity contribution in [3.05, 3.63) is 46.7 Å². The van der Waals surface area contributed by atoms with Crippen LogP contribution in [0.25, 0.3) is 10.6 Å². The van der Waals surface area contributed by atoms with E-state index in [0.717, 1.165) is 38.7 Å². The van der Waals surface area contributed by atoms with E-state index in [1.165, 1.54) is 0 Å². The molecule has 8 heteroatoms. The van der Waals surface area contributed by atoms with E-state index in [1.807, 2.05) is 28.8 Å². The summed E-state index contributed by atoms with van der Waals surface area (Å²) in [5.41, 5.74) is 2.12. The van der Waals surface area contributed by atoms with E-state index in [9.17, 15) is 0 Å². The lowest BCUT2D eigenvalue weighted by Gasteiger charge is -2.04. The van der Waals surface area contributed by atoms with E-state index in [1.54, 1.807) is 36.5 Å². The zero-order valence-corrected chi connectivity index (χ0v) is 14.9. The Morgan fingerprint density at radius 1 is 1.30 bits per heavy atom. The molecule has 0 spiro atoms. The molecule has 0 fully saturated rings. The van der Waals surface area contributed by atoms with Crippen LogP contribution >= 0.6 is 34.7 Å². The van der Waals surface area contributed by atoms with Crippen LogP contribution in [-0.4, -0.2) is 33.5 Å². The minimum atomic E-state index is 0.642. The summed E-state index contributed by atoms with van der Waals surface area (Å²) in [5, 5.41) is 12.8. The third-order valence-electron chi connectivity index (χ3n) is 3.11. The van der Waals surface area contributed by atoms with Crippen LogP contribution in [0.2, 0.25) is 5.02 Å². The summed E-state index contributed by atoms with van der Waals surface area (Å²) in [7, 11) is 1.69. The number of hydrogen-bond acceptors (Lipinski definition) is 6. The number of thioether (sulfide) groups is 1. The van der Waals surface area contributed by atoms with Gasteiger partial charge >= 0.3 is 0 Å². The first kappa shape index (κ1) is 16.4. The van der Waals surface area contributed by atoms with Crippen LogP contribution in [0.1, 0.15) is 5.69 Å². The molecule has 0 saturated carbocycles. The zero-order chi connectivity index (χ0) is 16.1. The summed E-state index contributed by atoms with van der Waals surface area (Å²) < 4.78 is 7.07. The van der Waals surface area contributed by atoms with E-state index in [0.29, 0.717) is 6.61 Å². The molecule has 2 aromatic heterocycles. The first-order valence-corrected chi connectivity index (χ1v) is 9.20. The molecule has 0 atom stereocenters. The van der Waals surface area contributed by atoms with Gasteiger partial charge < -0.3 is 9.30 Å². The maximum absolute atomic E-state index is 5.92. The van der Waals surface area contributed by atoms with Crippen LogP contribution in [0.15, 0.2) is 41.1 Å². The van der Waals surface area contributed by atoms with E-state index in [4.69, 9.17) is 16.3 Å². The molecule has 5 nitrogen and oxygen atoms in total. The van der Waals surface area contributed by atoms with Crippen LogP contribution < -0.4 is 0 Å². The fraction of sp³-hybridized carbons (Fsp3) is 0.267. The van der Waals surface area contributed by atoms with Crippen molar-refractivity contribution in [1.29, 1.82) is 0 Å². The van der Waals surface area contributed by atoms with E-state index in [2.05, 4.69) is 20.6 Å². The zero-order valence-electron chi connectivity index (χ0n) is 12.5. The largest absolute Gasteiger partial charge is 0.383 e. The Labute approximate surface area is 147 Å². The summed E-state index contributed by atoms with van der Waals surface area (Å²) in [6.07, 6.45) is 1.72. The Balaban J connectivity index is 1.63. The Morgan fingerprint density at radius 3 is 2.91 bits per heavy atom. The third-order valence-corrected chi connectivity index (χ3v) is 5.32. The number of halogens is 1. The number of aromatic nitrogens is 4. The van der Waals surface area contributed by atoms with Crippen LogP contribution in [0.5, 0.6) is 0 Å². The van der Waals surface area contributed by atoms with Gasteiger partial charge in [0.1, 0.15) is 11.3 Å². The monoisotopic (exact) mass is 366 g/mol. The summed E-state index contributed by atoms with van der Waals surface area (Å²) in [4.78, 5) is 4.67. The van der Waals surface area contributed by atoms with Crippen LogP contribution in [0, 0.1) is 0 Å². The van der Waals surface area contributed by atoms with Crippen molar-refractivity contribution >= 4 is 34.7 Å². The second kappa shape index (κ2) is 7.92. The highest BCUT2D eigenvalue weighted by atomic mass is 35.5. The predicted molar refractivity (Wildman–Crippen MR) is 94.0 cm³/mol. The first-order chi connectivity index (χ1) is 11.3. The molecule has 1 aromatic carbocycles. The average Bonchev–Trinajstić information content (AvgIpc) is 3.21. The van der Waals surface area contributed by atoms with Gasteiger partial charge in [-0.1, -0.05) is 35.5 Å². The van der Waals surface area contributed by atoms with Crippen molar-refractivity contribution in [3.63, 3.8) is 0 Å². The van der Waals surface area contributed by atoms with Crippen molar-refractivity contribution in [1.82, 2.24) is 19.7 Å². The molecule has 120 valence electrons. The molecule has 0 bridgehead atoms. The Bertz CT molecular complexity index is 757. The minimum absolute atomic E-state index is 0.642. The number of methoxy groups -OCH3 is 1. The molecule has 23 heavy (non-hydrogen) atoms. The van der Waals surface area contributed by atoms with Crippen molar-refractivity contribution in [3.8, 4) is 10.6 Å². The SMILES string of the molecule is COCCn1cnnc1SCc1csc(-c2ccc(Cl)cc2)n1. The summed E-state index contributed by atoms with van der Waals surface area (Å²) in [6, 6.07) is 7.73. The maximum Gasteiger partial charge on any atom is 0.191 e. The van der Waals surface area contributed by atoms with Crippen LogP contribution in [0.4, 0.5) is 0 Å². The fourth-order valence-electron chi connectivity index (χ4n) is 1.94. The van der Waals surface area contributed by atoms with Crippen molar-refractivity contribution < 1.29 is 4.74 Å². The number of ether oxygens (including phenoxy) is 1. The van der Waals surface area contributed by atoms with Gasteiger partial charge in [-0.15, -0.1) is 21.5 Å². The molecule has 0 unspecified atom stereocenters. The van der Waals surface area contributed by atoms with Crippen molar-refractivity contribution in [2.24, 2.45) is 0 Å². The van der Waals surface area contributed by atoms with E-state index >= 15 is 0 Å². The Morgan fingerprint density at radius 2 is 2.13 bits per heavy atom. The number of nitrogens with zero attached hydrogens (tertiary/aromatic N) is 4. The average molecular weight is 367 g/mol. The lowest BCUT2D eigenvalue weighted by Crippen LogP contribution is -2.04. The lowest BCUT2D eigenvalue weighted by molar-refractivity contribution is 0.184. The fourth-order valence-corrected chi connectivity index (χ4v) is 3.83. The molecule has 0 N–H and O–H groups in total. The number of thiazole rings is 1. The molecule has 0 radical (unpaired) electrons. The number of benzene rings is 1. The predicted octanol–water partition coefficient (Wildman–Crippen LogP) is 3.99. The first-order valence-electron chi connectivity index (χ1n) is 6.96. The highest BCUT2D eigenvalue weighted by Crippen LogP contribution is 2.28. The maximum atomic E-state index is 5.92. The molecule has 2 heterocycles. The molecule has 0 aliphatic rings. The molecule has 3 aromatic rings. The smallest absolute Gasteiger partial charge is 0.191 e. The number of hydrogen-bond donors (Lipinski definition) is 0. The van der Waals surface area contributed by atoms with E-state index < -0.39 is 0 Å². The van der Waals surface area contributed by atoms with Gasteiger partial charge in [-0.05, 0) is 12.1 Å². The van der Waals surface area contributed by atoms with Gasteiger partial charge in [-0.2, -0.15) is 0 Å². The molecule has 3 rings (SSSR count). The summed E-state index contributed by atoms with van der Waals surface area (Å²) >= 11 is 9.18. The summed E-state index contributed by atoms with van der Waals surface area (Å²) in [5.74, 6) is 0.760. The summed E-state index contributed by atoms with van der Waals surface area (Å²) in [6.45, 7) is 1.39. The highest BCUT2D eigenvalue weighted by molar-refractivity contribution is 7.98. The van der Waals surface area contributed by atoms with Crippen molar-refractivity contribution in [2.45, 2.75) is 17.5 Å². The molecular weight excluding hydrogens is 352 g/mol. The molecular formula is C15H15ClN4OS2. The minimum Gasteiger partial charge on any atom is -0.383 e. The molecule has 0 aliphatic heterocycles. The van der Waals surface area contributed by atoms with Gasteiger partial charge in [0.15, 0.2) is 5.16 Å². The van der Waals surface area contributed by atoms with Gasteiger partial charge in [0.25, 0.3) is 0 Å². The number of rotatable bonds is 7. The second-order valence-electron chi connectivity index (χ2n) is 4.74. The standard InChI is InChI=1S/C15H15ClN4OS2/c1-21-7-6-20-10-17-19-15(20)23-9-13-8-22-14(18-13)11-2-4-12(16)5-3-11/h2-5,8,10H,6-7,9H2,1H3. The van der Waals surface area contributed by atoms with Crippen LogP contribution in [-0.2, 0) is 17.0 Å². The Kier molecular flexibility index (Phi) is 5.66. The van der Waals surface area contributed by atoms with Gasteiger partial charge in [0, 0.05) is 35.4 Å². The quantitative estimate of drug-likeness (QED) is 0.592. The van der Waals surface area contributed by atoms with Gasteiger partial charge in [0.2, 0.25) is 0 Å². The topological polar surface area (TPSA) is 52.8 Å². The lowest BCUT2D eigenvalue weighted by atomic mass is 10.2. The molecule has 0 aliphatic carbocycles. The third kappa shape index (κ3) is 4.32.